The van der Waals surface area contributed by atoms with Crippen LogP contribution in [0, 0.1) is 5.92 Å². The Balaban J connectivity index is 2.60. The standard InChI is InChI=1S/C12H19NO2S/c1-3-7-11(2)10-13-16(14,15)12-8-5-4-6-9-12/h4-6,8-9,11,13H,3,7,10H2,1-2H3. The Kier molecular flexibility index (Phi) is 4.96. The SMILES string of the molecule is CCCC(C)CNS(=O)(=O)c1ccccc1. The summed E-state index contributed by atoms with van der Waals surface area (Å²) in [5, 5.41) is 0. The third-order valence-electron chi connectivity index (χ3n) is 2.46. The van der Waals surface area contributed by atoms with Crippen LogP contribution in [0.1, 0.15) is 26.7 Å². The van der Waals surface area contributed by atoms with Crippen molar-refractivity contribution < 1.29 is 8.42 Å². The van der Waals surface area contributed by atoms with E-state index in [-0.39, 0.29) is 0 Å². The molecule has 0 fully saturated rings. The lowest BCUT2D eigenvalue weighted by atomic mass is 10.1. The fraction of sp³-hybridized carbons (Fsp3) is 0.500. The van der Waals surface area contributed by atoms with Gasteiger partial charge in [-0.1, -0.05) is 38.5 Å². The van der Waals surface area contributed by atoms with Gasteiger partial charge in [0.05, 0.1) is 4.90 Å². The van der Waals surface area contributed by atoms with Crippen LogP contribution in [0.25, 0.3) is 0 Å². The van der Waals surface area contributed by atoms with Crippen molar-refractivity contribution in [3.8, 4) is 0 Å². The summed E-state index contributed by atoms with van der Waals surface area (Å²) in [6.07, 6.45) is 2.12. The van der Waals surface area contributed by atoms with Crippen molar-refractivity contribution >= 4 is 10.0 Å². The van der Waals surface area contributed by atoms with Crippen molar-refractivity contribution in [2.75, 3.05) is 6.54 Å². The van der Waals surface area contributed by atoms with Gasteiger partial charge in [-0.25, -0.2) is 13.1 Å². The van der Waals surface area contributed by atoms with Crippen molar-refractivity contribution in [1.82, 2.24) is 4.72 Å². The van der Waals surface area contributed by atoms with E-state index in [9.17, 15) is 8.42 Å². The molecule has 0 saturated carbocycles. The molecule has 0 aliphatic carbocycles. The summed E-state index contributed by atoms with van der Waals surface area (Å²) in [7, 11) is -3.32. The first-order valence-electron chi connectivity index (χ1n) is 5.61. The van der Waals surface area contributed by atoms with E-state index < -0.39 is 10.0 Å². The first-order valence-corrected chi connectivity index (χ1v) is 7.09. The van der Waals surface area contributed by atoms with E-state index >= 15 is 0 Å². The molecule has 0 aliphatic rings. The minimum Gasteiger partial charge on any atom is -0.211 e. The zero-order valence-electron chi connectivity index (χ0n) is 9.81. The van der Waals surface area contributed by atoms with Crippen LogP contribution in [0.5, 0.6) is 0 Å². The van der Waals surface area contributed by atoms with Gasteiger partial charge in [-0.05, 0) is 24.5 Å². The van der Waals surface area contributed by atoms with Gasteiger partial charge in [0, 0.05) is 6.54 Å². The highest BCUT2D eigenvalue weighted by Crippen LogP contribution is 2.09. The van der Waals surface area contributed by atoms with E-state index in [4.69, 9.17) is 0 Å². The van der Waals surface area contributed by atoms with Crippen molar-refractivity contribution in [2.45, 2.75) is 31.6 Å². The molecule has 0 amide bonds. The van der Waals surface area contributed by atoms with Gasteiger partial charge in [0.2, 0.25) is 10.0 Å². The highest BCUT2D eigenvalue weighted by Gasteiger charge is 2.13. The molecule has 90 valence electrons. The van der Waals surface area contributed by atoms with Gasteiger partial charge in [-0.3, -0.25) is 0 Å². The molecule has 0 spiro atoms. The summed E-state index contributed by atoms with van der Waals surface area (Å²) in [6, 6.07) is 8.46. The van der Waals surface area contributed by atoms with Crippen molar-refractivity contribution in [2.24, 2.45) is 5.92 Å². The van der Waals surface area contributed by atoms with Crippen LogP contribution in [0.2, 0.25) is 0 Å². The van der Waals surface area contributed by atoms with Gasteiger partial charge in [0.1, 0.15) is 0 Å². The number of hydrogen-bond donors (Lipinski definition) is 1. The third kappa shape index (κ3) is 3.94. The maximum absolute atomic E-state index is 11.8. The minimum atomic E-state index is -3.32. The van der Waals surface area contributed by atoms with E-state index in [1.807, 2.05) is 0 Å². The first-order chi connectivity index (χ1) is 7.56. The van der Waals surface area contributed by atoms with Gasteiger partial charge in [-0.15, -0.1) is 0 Å². The average molecular weight is 241 g/mol. The van der Waals surface area contributed by atoms with Crippen molar-refractivity contribution in [3.05, 3.63) is 30.3 Å². The Bertz CT molecular complexity index is 400. The van der Waals surface area contributed by atoms with Crippen LogP contribution in [-0.4, -0.2) is 15.0 Å². The molecule has 1 rings (SSSR count). The Hall–Kier alpha value is -0.870. The van der Waals surface area contributed by atoms with Crippen LogP contribution in [0.3, 0.4) is 0 Å². The maximum atomic E-state index is 11.8. The van der Waals surface area contributed by atoms with Crippen LogP contribution in [-0.2, 0) is 10.0 Å². The third-order valence-corrected chi connectivity index (χ3v) is 3.90. The topological polar surface area (TPSA) is 46.2 Å². The van der Waals surface area contributed by atoms with E-state index in [2.05, 4.69) is 18.6 Å². The van der Waals surface area contributed by atoms with E-state index in [0.29, 0.717) is 17.4 Å². The molecule has 1 atom stereocenters. The molecular formula is C12H19NO2S. The number of rotatable bonds is 6. The molecule has 0 aliphatic heterocycles. The zero-order chi connectivity index (χ0) is 12.0. The van der Waals surface area contributed by atoms with Gasteiger partial charge < -0.3 is 0 Å². The predicted octanol–water partition coefficient (Wildman–Crippen LogP) is 2.40. The quantitative estimate of drug-likeness (QED) is 0.831. The van der Waals surface area contributed by atoms with Gasteiger partial charge in [-0.2, -0.15) is 0 Å². The second-order valence-electron chi connectivity index (χ2n) is 4.06. The average Bonchev–Trinajstić information content (AvgIpc) is 2.28. The molecular weight excluding hydrogens is 222 g/mol. The second-order valence-corrected chi connectivity index (χ2v) is 5.83. The summed E-state index contributed by atoms with van der Waals surface area (Å²) in [4.78, 5) is 0.332. The molecule has 0 heterocycles. The minimum absolute atomic E-state index is 0.332. The molecule has 3 nitrogen and oxygen atoms in total. The molecule has 4 heteroatoms. The lowest BCUT2D eigenvalue weighted by Gasteiger charge is -2.11. The van der Waals surface area contributed by atoms with Crippen LogP contribution in [0.4, 0.5) is 0 Å². The molecule has 1 unspecified atom stereocenters. The van der Waals surface area contributed by atoms with Crippen molar-refractivity contribution in [1.29, 1.82) is 0 Å². The molecule has 0 saturated heterocycles. The largest absolute Gasteiger partial charge is 0.240 e. The van der Waals surface area contributed by atoms with Crippen molar-refractivity contribution in [3.63, 3.8) is 0 Å². The molecule has 0 bridgehead atoms. The maximum Gasteiger partial charge on any atom is 0.240 e. The highest BCUT2D eigenvalue weighted by molar-refractivity contribution is 7.89. The lowest BCUT2D eigenvalue weighted by Crippen LogP contribution is -2.28. The number of benzene rings is 1. The van der Waals surface area contributed by atoms with Crippen LogP contribution >= 0.6 is 0 Å². The van der Waals surface area contributed by atoms with Gasteiger partial charge in [0.15, 0.2) is 0 Å². The van der Waals surface area contributed by atoms with E-state index in [1.54, 1.807) is 30.3 Å². The Morgan fingerprint density at radius 3 is 2.44 bits per heavy atom. The molecule has 1 aromatic rings. The number of sulfonamides is 1. The monoisotopic (exact) mass is 241 g/mol. The predicted molar refractivity (Wildman–Crippen MR) is 65.7 cm³/mol. The fourth-order valence-electron chi connectivity index (χ4n) is 1.53. The summed E-state index contributed by atoms with van der Waals surface area (Å²) in [6.45, 7) is 4.66. The van der Waals surface area contributed by atoms with Crippen LogP contribution < -0.4 is 4.72 Å². The van der Waals surface area contributed by atoms with Gasteiger partial charge in [0.25, 0.3) is 0 Å². The normalized spacial score (nSPS) is 13.6. The highest BCUT2D eigenvalue weighted by atomic mass is 32.2. The van der Waals surface area contributed by atoms with Crippen LogP contribution in [0.15, 0.2) is 35.2 Å². The fourth-order valence-corrected chi connectivity index (χ4v) is 2.72. The smallest absolute Gasteiger partial charge is 0.211 e. The zero-order valence-corrected chi connectivity index (χ0v) is 10.6. The summed E-state index contributed by atoms with van der Waals surface area (Å²) >= 11 is 0. The lowest BCUT2D eigenvalue weighted by molar-refractivity contribution is 0.504. The Morgan fingerprint density at radius 1 is 1.25 bits per heavy atom. The van der Waals surface area contributed by atoms with Gasteiger partial charge >= 0.3 is 0 Å². The second kappa shape index (κ2) is 6.01. The summed E-state index contributed by atoms with van der Waals surface area (Å²) in [5.74, 6) is 0.378. The molecule has 0 radical (unpaired) electrons. The molecule has 1 N–H and O–H groups in total. The molecule has 0 aromatic heterocycles. The number of hydrogen-bond acceptors (Lipinski definition) is 2. The molecule has 1 aromatic carbocycles. The summed E-state index contributed by atoms with van der Waals surface area (Å²) < 4.78 is 26.3. The number of nitrogens with one attached hydrogen (secondary N) is 1. The Morgan fingerprint density at radius 2 is 1.88 bits per heavy atom. The van der Waals surface area contributed by atoms with E-state index in [1.165, 1.54) is 0 Å². The summed E-state index contributed by atoms with van der Waals surface area (Å²) in [5.41, 5.74) is 0. The Labute approximate surface area is 97.9 Å². The molecule has 16 heavy (non-hydrogen) atoms. The van der Waals surface area contributed by atoms with E-state index in [0.717, 1.165) is 12.8 Å². The first kappa shape index (κ1) is 13.2.